The van der Waals surface area contributed by atoms with Crippen LogP contribution in [0.3, 0.4) is 0 Å². The van der Waals surface area contributed by atoms with Gasteiger partial charge >= 0.3 is 6.03 Å². The zero-order valence-corrected chi connectivity index (χ0v) is 16.8. The summed E-state index contributed by atoms with van der Waals surface area (Å²) in [4.78, 5) is 28.6. The van der Waals surface area contributed by atoms with Gasteiger partial charge in [-0.2, -0.15) is 0 Å². The number of pyridine rings is 1. The van der Waals surface area contributed by atoms with Crippen LogP contribution in [0.15, 0.2) is 53.5 Å². The molecule has 0 saturated carbocycles. The summed E-state index contributed by atoms with van der Waals surface area (Å²) in [6.07, 6.45) is 2.91. The molecule has 2 aliphatic heterocycles. The molecule has 2 atom stereocenters. The monoisotopic (exact) mass is 396 g/mol. The van der Waals surface area contributed by atoms with Crippen LogP contribution in [0.1, 0.15) is 17.5 Å². The van der Waals surface area contributed by atoms with E-state index >= 15 is 0 Å². The van der Waals surface area contributed by atoms with Crippen LogP contribution in [0.5, 0.6) is 0 Å². The lowest BCUT2D eigenvalue weighted by molar-refractivity contribution is -0.0881. The van der Waals surface area contributed by atoms with Crippen LogP contribution in [0.2, 0.25) is 0 Å². The number of benzene rings is 1. The molecule has 0 bridgehead atoms. The second-order valence-corrected chi connectivity index (χ2v) is 7.83. The van der Waals surface area contributed by atoms with Gasteiger partial charge in [-0.25, -0.2) is 4.79 Å². The topological polar surface area (TPSA) is 66.8 Å². The number of nitrogens with zero attached hydrogens (tertiary/aromatic N) is 3. The zero-order valence-electron chi connectivity index (χ0n) is 16.8. The highest BCUT2D eigenvalue weighted by molar-refractivity contribution is 5.74. The fourth-order valence-electron chi connectivity index (χ4n) is 4.07. The van der Waals surface area contributed by atoms with E-state index in [4.69, 9.17) is 4.74 Å². The number of carbonyl (C=O) groups is 1. The molecule has 0 radical (unpaired) electrons. The first-order chi connectivity index (χ1) is 14.1. The molecule has 3 heterocycles. The maximum absolute atomic E-state index is 12.6. The third kappa shape index (κ3) is 4.68. The average molecular weight is 396 g/mol. The fourth-order valence-corrected chi connectivity index (χ4v) is 4.07. The van der Waals surface area contributed by atoms with Crippen LogP contribution in [0.4, 0.5) is 4.79 Å². The molecule has 154 valence electrons. The number of rotatable bonds is 4. The predicted molar refractivity (Wildman–Crippen MR) is 111 cm³/mol. The summed E-state index contributed by atoms with van der Waals surface area (Å²) in [6, 6.07) is 13.4. The molecule has 2 fully saturated rings. The Hall–Kier alpha value is -2.64. The average Bonchev–Trinajstić information content (AvgIpc) is 2.75. The lowest BCUT2D eigenvalue weighted by atomic mass is 9.99. The lowest BCUT2D eigenvalue weighted by Crippen LogP contribution is -2.60. The Kier molecular flexibility index (Phi) is 5.97. The minimum atomic E-state index is -0.0256. The maximum Gasteiger partial charge on any atom is 0.317 e. The number of ether oxygens (including phenoxy) is 1. The largest absolute Gasteiger partial charge is 0.375 e. The van der Waals surface area contributed by atoms with Crippen LogP contribution in [0, 0.1) is 0 Å². The first-order valence-corrected chi connectivity index (χ1v) is 10.2. The van der Waals surface area contributed by atoms with Crippen LogP contribution >= 0.6 is 0 Å². The third-order valence-corrected chi connectivity index (χ3v) is 5.87. The number of hydrogen-bond acceptors (Lipinski definition) is 4. The SMILES string of the molecule is CN1CCO[C@H]2CCN(C(=O)NCc3ccc(Cn4ccccc4=O)cc3)C[C@@H]21. The highest BCUT2D eigenvalue weighted by Gasteiger charge is 2.36. The zero-order chi connectivity index (χ0) is 20.2. The van der Waals surface area contributed by atoms with Gasteiger partial charge in [0.1, 0.15) is 0 Å². The Morgan fingerprint density at radius 1 is 1.14 bits per heavy atom. The number of fused-ring (bicyclic) bond motifs is 1. The molecule has 2 aliphatic rings. The van der Waals surface area contributed by atoms with E-state index in [0.717, 1.165) is 37.2 Å². The summed E-state index contributed by atoms with van der Waals surface area (Å²) in [7, 11) is 2.10. The number of piperidine rings is 1. The maximum atomic E-state index is 12.6. The van der Waals surface area contributed by atoms with Crippen molar-refractivity contribution in [2.75, 3.05) is 33.3 Å². The van der Waals surface area contributed by atoms with Gasteiger partial charge in [0.2, 0.25) is 0 Å². The van der Waals surface area contributed by atoms with Crippen molar-refractivity contribution in [1.82, 2.24) is 19.7 Å². The Morgan fingerprint density at radius 2 is 1.93 bits per heavy atom. The number of carbonyl (C=O) groups excluding carboxylic acids is 1. The standard InChI is InChI=1S/C22H28N4O3/c1-24-12-13-29-20-9-11-26(16-19(20)24)22(28)23-14-17-5-7-18(8-6-17)15-25-10-3-2-4-21(25)27/h2-8,10,19-20H,9,11-16H2,1H3,(H,23,28)/t19-,20-/m0/s1. The van der Waals surface area contributed by atoms with Crippen molar-refractivity contribution in [2.45, 2.75) is 31.7 Å². The summed E-state index contributed by atoms with van der Waals surface area (Å²) in [5.41, 5.74) is 2.08. The molecule has 29 heavy (non-hydrogen) atoms. The highest BCUT2D eigenvalue weighted by atomic mass is 16.5. The smallest absolute Gasteiger partial charge is 0.317 e. The Balaban J connectivity index is 1.29. The highest BCUT2D eigenvalue weighted by Crippen LogP contribution is 2.22. The van der Waals surface area contributed by atoms with Gasteiger partial charge in [0.25, 0.3) is 5.56 Å². The molecule has 2 aromatic rings. The second-order valence-electron chi connectivity index (χ2n) is 7.83. The quantitative estimate of drug-likeness (QED) is 0.851. The predicted octanol–water partition coefficient (Wildman–Crippen LogP) is 1.51. The van der Waals surface area contributed by atoms with Crippen molar-refractivity contribution in [1.29, 1.82) is 0 Å². The molecule has 1 N–H and O–H groups in total. The van der Waals surface area contributed by atoms with E-state index in [0.29, 0.717) is 19.6 Å². The minimum Gasteiger partial charge on any atom is -0.375 e. The van der Waals surface area contributed by atoms with E-state index in [1.54, 1.807) is 22.9 Å². The second kappa shape index (κ2) is 8.80. The number of nitrogens with one attached hydrogen (secondary N) is 1. The Labute approximate surface area is 170 Å². The van der Waals surface area contributed by atoms with Crippen LogP contribution < -0.4 is 10.9 Å². The van der Waals surface area contributed by atoms with Gasteiger partial charge in [0.05, 0.1) is 25.3 Å². The van der Waals surface area contributed by atoms with Gasteiger partial charge in [-0.3, -0.25) is 9.69 Å². The van der Waals surface area contributed by atoms with Gasteiger partial charge in [-0.1, -0.05) is 30.3 Å². The molecule has 2 saturated heterocycles. The van der Waals surface area contributed by atoms with Gasteiger partial charge in [-0.15, -0.1) is 0 Å². The Bertz CT molecular complexity index is 895. The molecule has 1 aromatic carbocycles. The molecular weight excluding hydrogens is 368 g/mol. The lowest BCUT2D eigenvalue weighted by Gasteiger charge is -2.45. The molecule has 7 heteroatoms. The number of urea groups is 1. The van der Waals surface area contributed by atoms with E-state index in [-0.39, 0.29) is 23.7 Å². The van der Waals surface area contributed by atoms with Crippen molar-refractivity contribution >= 4 is 6.03 Å². The molecule has 4 rings (SSSR count). The van der Waals surface area contributed by atoms with Gasteiger partial charge in [-0.05, 0) is 30.7 Å². The number of likely N-dealkylation sites (tertiary alicyclic amines) is 1. The Morgan fingerprint density at radius 3 is 2.72 bits per heavy atom. The van der Waals surface area contributed by atoms with Crippen molar-refractivity contribution < 1.29 is 9.53 Å². The summed E-state index contributed by atoms with van der Waals surface area (Å²) in [6.45, 7) is 4.15. The molecule has 1 aromatic heterocycles. The van der Waals surface area contributed by atoms with Crippen molar-refractivity contribution in [2.24, 2.45) is 0 Å². The molecule has 2 amide bonds. The number of hydrogen-bond donors (Lipinski definition) is 1. The van der Waals surface area contributed by atoms with E-state index < -0.39 is 0 Å². The molecule has 0 spiro atoms. The number of morpholine rings is 1. The van der Waals surface area contributed by atoms with E-state index in [1.165, 1.54) is 0 Å². The number of likely N-dealkylation sites (N-methyl/N-ethyl adjacent to an activating group) is 1. The summed E-state index contributed by atoms with van der Waals surface area (Å²) >= 11 is 0. The van der Waals surface area contributed by atoms with Gasteiger partial charge in [0.15, 0.2) is 0 Å². The molecule has 7 nitrogen and oxygen atoms in total. The number of aromatic nitrogens is 1. The molecule has 0 unspecified atom stereocenters. The summed E-state index contributed by atoms with van der Waals surface area (Å²) < 4.78 is 7.52. The normalized spacial score (nSPS) is 22.2. The van der Waals surface area contributed by atoms with Gasteiger partial charge < -0.3 is 19.5 Å². The van der Waals surface area contributed by atoms with E-state index in [1.807, 2.05) is 35.2 Å². The van der Waals surface area contributed by atoms with Crippen molar-refractivity contribution in [3.05, 3.63) is 70.1 Å². The minimum absolute atomic E-state index is 0.0124. The first-order valence-electron chi connectivity index (χ1n) is 10.2. The molecule has 0 aliphatic carbocycles. The van der Waals surface area contributed by atoms with Crippen LogP contribution in [-0.4, -0.2) is 65.8 Å². The third-order valence-electron chi connectivity index (χ3n) is 5.87. The summed E-state index contributed by atoms with van der Waals surface area (Å²) in [5, 5.41) is 3.03. The fraction of sp³-hybridized carbons (Fsp3) is 0.455. The van der Waals surface area contributed by atoms with Gasteiger partial charge in [0, 0.05) is 38.4 Å². The summed E-state index contributed by atoms with van der Waals surface area (Å²) in [5.74, 6) is 0. The van der Waals surface area contributed by atoms with Crippen molar-refractivity contribution in [3.63, 3.8) is 0 Å². The van der Waals surface area contributed by atoms with E-state index in [9.17, 15) is 9.59 Å². The molecular formula is C22H28N4O3. The van der Waals surface area contributed by atoms with E-state index in [2.05, 4.69) is 17.3 Å². The first kappa shape index (κ1) is 19.7. The van der Waals surface area contributed by atoms with Crippen LogP contribution in [0.25, 0.3) is 0 Å². The van der Waals surface area contributed by atoms with Crippen LogP contribution in [-0.2, 0) is 17.8 Å². The van der Waals surface area contributed by atoms with Crippen molar-refractivity contribution in [3.8, 4) is 0 Å². The number of amides is 2.